The van der Waals surface area contributed by atoms with Gasteiger partial charge in [-0.1, -0.05) is 0 Å². The van der Waals surface area contributed by atoms with E-state index in [1.165, 1.54) is 33.9 Å². The number of hydrogen-bond donors (Lipinski definition) is 0. The lowest BCUT2D eigenvalue weighted by Crippen LogP contribution is -1.98. The number of nitrogens with zero attached hydrogens (tertiary/aromatic N) is 10. The van der Waals surface area contributed by atoms with Crippen LogP contribution in [-0.2, 0) is 6.42 Å². The molecule has 208 valence electrons. The molecule has 16 heteroatoms. The molecule has 0 N–H and O–H groups in total. The van der Waals surface area contributed by atoms with E-state index in [9.17, 15) is 20.2 Å². The Kier molecular flexibility index (Phi) is 5.05. The van der Waals surface area contributed by atoms with Gasteiger partial charge in [-0.2, -0.15) is 9.59 Å². The third kappa shape index (κ3) is 4.17. The van der Waals surface area contributed by atoms with Gasteiger partial charge >= 0.3 is 0 Å². The van der Waals surface area contributed by atoms with Gasteiger partial charge < -0.3 is 8.83 Å². The summed E-state index contributed by atoms with van der Waals surface area (Å²) in [5.41, 5.74) is 5.14. The van der Waals surface area contributed by atoms with Crippen LogP contribution in [0.1, 0.15) is 11.8 Å². The Balaban J connectivity index is 1.06. The number of non-ortho nitro benzene ring substituents is 2. The molecule has 0 bridgehead atoms. The van der Waals surface area contributed by atoms with Crippen LogP contribution in [0.5, 0.6) is 0 Å². The van der Waals surface area contributed by atoms with Crippen molar-refractivity contribution in [2.75, 3.05) is 0 Å². The first-order valence-corrected chi connectivity index (χ1v) is 12.7. The molecule has 0 atom stereocenters. The fraction of sp³-hybridized carbons (Fsp3) is 0.0370. The largest absolute Gasteiger partial charge is 0.440 e. The fourth-order valence-electron chi connectivity index (χ4n) is 4.72. The SMILES string of the molecule is O=[N+]([O-])c1ccc2nn(-c3ccc4oc(Cc5nc6cc(-n7nc8ccc([N+](=O)[O-])cc8n7)ccc6o5)nc4c3)nc2c1. The van der Waals surface area contributed by atoms with E-state index in [1.54, 1.807) is 48.5 Å². The zero-order valence-corrected chi connectivity index (χ0v) is 21.6. The number of nitro benzene ring substituents is 2. The summed E-state index contributed by atoms with van der Waals surface area (Å²) in [7, 11) is 0. The second-order valence-electron chi connectivity index (χ2n) is 9.54. The van der Waals surface area contributed by atoms with Crippen molar-refractivity contribution in [1.29, 1.82) is 0 Å². The summed E-state index contributed by atoms with van der Waals surface area (Å²) in [6.45, 7) is 0. The molecule has 4 heterocycles. The van der Waals surface area contributed by atoms with Gasteiger partial charge in [-0.15, -0.1) is 20.4 Å². The minimum Gasteiger partial charge on any atom is -0.440 e. The van der Waals surface area contributed by atoms with Gasteiger partial charge in [0.15, 0.2) is 11.2 Å². The van der Waals surface area contributed by atoms with Crippen LogP contribution in [0, 0.1) is 20.2 Å². The second-order valence-corrected chi connectivity index (χ2v) is 9.54. The van der Waals surface area contributed by atoms with Crippen LogP contribution in [-0.4, -0.2) is 49.8 Å². The Morgan fingerprint density at radius 2 is 1.00 bits per heavy atom. The van der Waals surface area contributed by atoms with E-state index in [-0.39, 0.29) is 17.8 Å². The Hall–Kier alpha value is -6.58. The molecular weight excluding hydrogens is 560 g/mol. The summed E-state index contributed by atoms with van der Waals surface area (Å²) < 4.78 is 11.8. The maximum atomic E-state index is 11.1. The van der Waals surface area contributed by atoms with Gasteiger partial charge in [0.05, 0.1) is 21.2 Å². The van der Waals surface area contributed by atoms with E-state index >= 15 is 0 Å². The highest BCUT2D eigenvalue weighted by Gasteiger charge is 2.16. The molecule has 0 saturated carbocycles. The lowest BCUT2D eigenvalue weighted by atomic mass is 10.3. The third-order valence-corrected chi connectivity index (χ3v) is 6.74. The summed E-state index contributed by atoms with van der Waals surface area (Å²) in [5, 5.41) is 39.7. The van der Waals surface area contributed by atoms with Gasteiger partial charge in [0, 0.05) is 24.3 Å². The number of oxazole rings is 2. The second kappa shape index (κ2) is 8.96. The van der Waals surface area contributed by atoms with Gasteiger partial charge in [-0.3, -0.25) is 20.2 Å². The van der Waals surface area contributed by atoms with Crippen molar-refractivity contribution in [2.24, 2.45) is 0 Å². The van der Waals surface area contributed by atoms with Crippen molar-refractivity contribution in [2.45, 2.75) is 6.42 Å². The summed E-state index contributed by atoms with van der Waals surface area (Å²) in [6, 6.07) is 19.1. The quantitative estimate of drug-likeness (QED) is 0.193. The number of aromatic nitrogens is 8. The molecule has 0 fully saturated rings. The van der Waals surface area contributed by atoms with Gasteiger partial charge in [0.2, 0.25) is 11.8 Å². The number of nitro groups is 2. The highest BCUT2D eigenvalue weighted by Crippen LogP contribution is 2.25. The molecule has 4 aromatic heterocycles. The molecule has 8 rings (SSSR count). The molecule has 43 heavy (non-hydrogen) atoms. The highest BCUT2D eigenvalue weighted by molar-refractivity contribution is 5.79. The minimum absolute atomic E-state index is 0.0634. The molecule has 0 aliphatic rings. The number of hydrogen-bond acceptors (Lipinski definition) is 12. The van der Waals surface area contributed by atoms with E-state index in [0.29, 0.717) is 67.4 Å². The molecule has 0 radical (unpaired) electrons. The molecule has 0 spiro atoms. The first-order valence-electron chi connectivity index (χ1n) is 12.7. The Morgan fingerprint density at radius 3 is 1.44 bits per heavy atom. The highest BCUT2D eigenvalue weighted by atomic mass is 16.6. The lowest BCUT2D eigenvalue weighted by molar-refractivity contribution is -0.384. The zero-order chi connectivity index (χ0) is 29.2. The first-order chi connectivity index (χ1) is 20.9. The average molecular weight is 574 g/mol. The van der Waals surface area contributed by atoms with E-state index in [0.717, 1.165) is 0 Å². The molecule has 0 amide bonds. The van der Waals surface area contributed by atoms with Crippen molar-refractivity contribution in [3.63, 3.8) is 0 Å². The van der Waals surface area contributed by atoms with Gasteiger partial charge in [-0.05, 0) is 48.5 Å². The normalized spacial score (nSPS) is 11.7. The fourth-order valence-corrected chi connectivity index (χ4v) is 4.72. The first kappa shape index (κ1) is 24.2. The predicted octanol–water partition coefficient (Wildman–Crippen LogP) is 4.84. The molecule has 0 saturated heterocycles. The molecule has 0 aliphatic heterocycles. The van der Waals surface area contributed by atoms with Crippen LogP contribution in [0.15, 0.2) is 81.6 Å². The average Bonchev–Trinajstić information content (AvgIpc) is 3.78. The summed E-state index contributed by atoms with van der Waals surface area (Å²) >= 11 is 0. The van der Waals surface area contributed by atoms with Crippen LogP contribution in [0.3, 0.4) is 0 Å². The number of benzene rings is 4. The Morgan fingerprint density at radius 1 is 0.558 bits per heavy atom. The van der Waals surface area contributed by atoms with E-state index in [4.69, 9.17) is 8.83 Å². The van der Waals surface area contributed by atoms with Crippen molar-refractivity contribution in [3.8, 4) is 11.4 Å². The molecule has 0 aliphatic carbocycles. The van der Waals surface area contributed by atoms with Crippen LogP contribution in [0.2, 0.25) is 0 Å². The van der Waals surface area contributed by atoms with E-state index < -0.39 is 9.85 Å². The third-order valence-electron chi connectivity index (χ3n) is 6.74. The van der Waals surface area contributed by atoms with Crippen molar-refractivity contribution in [1.82, 2.24) is 40.0 Å². The number of fused-ring (bicyclic) bond motifs is 4. The smallest absolute Gasteiger partial charge is 0.271 e. The van der Waals surface area contributed by atoms with Crippen LogP contribution < -0.4 is 0 Å². The van der Waals surface area contributed by atoms with Crippen LogP contribution in [0.4, 0.5) is 11.4 Å². The van der Waals surface area contributed by atoms with Gasteiger partial charge in [0.1, 0.15) is 39.5 Å². The standard InChI is InChI=1S/C27H14N10O6/c38-36(39)16-1-5-18-20(11-16)32-34(30-18)14-3-7-24-22(9-14)28-26(42-24)13-27-29-23-10-15(4-8-25(23)43-27)35-31-19-6-2-17(37(40)41)12-21(19)33-35/h1-12H,13H2. The molecule has 4 aromatic carbocycles. The maximum absolute atomic E-state index is 11.1. The van der Waals surface area contributed by atoms with Crippen LogP contribution >= 0.6 is 0 Å². The number of rotatable bonds is 6. The lowest BCUT2D eigenvalue weighted by Gasteiger charge is -1.97. The molecular formula is C27H14N10O6. The summed E-state index contributed by atoms with van der Waals surface area (Å²) in [6.07, 6.45) is 0.190. The Bertz CT molecular complexity index is 2250. The monoisotopic (exact) mass is 574 g/mol. The van der Waals surface area contributed by atoms with Gasteiger partial charge in [-0.25, -0.2) is 9.97 Å². The van der Waals surface area contributed by atoms with Gasteiger partial charge in [0.25, 0.3) is 11.4 Å². The van der Waals surface area contributed by atoms with Crippen molar-refractivity contribution >= 4 is 55.6 Å². The Labute approximate surface area is 237 Å². The zero-order valence-electron chi connectivity index (χ0n) is 21.6. The maximum Gasteiger partial charge on any atom is 0.271 e. The molecule has 16 nitrogen and oxygen atoms in total. The summed E-state index contributed by atoms with van der Waals surface area (Å²) in [5.74, 6) is 0.768. The van der Waals surface area contributed by atoms with Crippen molar-refractivity contribution < 1.29 is 18.7 Å². The van der Waals surface area contributed by atoms with Crippen LogP contribution in [0.25, 0.3) is 55.6 Å². The summed E-state index contributed by atoms with van der Waals surface area (Å²) in [4.78, 5) is 33.1. The molecule has 0 unspecified atom stereocenters. The topological polar surface area (TPSA) is 200 Å². The minimum atomic E-state index is -0.479. The van der Waals surface area contributed by atoms with E-state index in [1.807, 2.05) is 0 Å². The molecule has 8 aromatic rings. The van der Waals surface area contributed by atoms with E-state index in [2.05, 4.69) is 30.4 Å². The van der Waals surface area contributed by atoms with Crippen molar-refractivity contribution in [3.05, 3.63) is 105 Å². The predicted molar refractivity (Wildman–Crippen MR) is 149 cm³/mol.